The summed E-state index contributed by atoms with van der Waals surface area (Å²) in [6.07, 6.45) is -11.5. The van der Waals surface area contributed by atoms with Gasteiger partial charge >= 0.3 is 12.4 Å². The minimum Gasteiger partial charge on any atom is -0.268 e. The summed E-state index contributed by atoms with van der Waals surface area (Å²) < 4.78 is 87.6. The van der Waals surface area contributed by atoms with E-state index in [0.29, 0.717) is 0 Å². The third-order valence-corrected chi connectivity index (χ3v) is 6.70. The largest absolute Gasteiger partial charge is 0.418 e. The predicted molar refractivity (Wildman–Crippen MR) is 140 cm³/mol. The van der Waals surface area contributed by atoms with Crippen molar-refractivity contribution in [3.05, 3.63) is 123 Å². The summed E-state index contributed by atoms with van der Waals surface area (Å²) in [6, 6.07) is 8.17. The van der Waals surface area contributed by atoms with Crippen molar-refractivity contribution < 1.29 is 26.3 Å². The standard InChI is InChI=1S/C28H6F6N6O4/c1-37-15-6-5-14(8-16(15)38-2)40-25(43)19-20(26(40)44)22(28(32,33)34)18-17(21(19)27(29,30)31)23(41)39(24(18)42)13-4-3-11(9-35)12(7-13)10-36/h3-8H. The zero-order chi connectivity index (χ0) is 32.5. The minimum absolute atomic E-state index is 0.0702. The van der Waals surface area contributed by atoms with Crippen LogP contribution in [0.3, 0.4) is 0 Å². The summed E-state index contributed by atoms with van der Waals surface area (Å²) in [5.41, 5.74) is -15.1. The van der Waals surface area contributed by atoms with Gasteiger partial charge in [-0.05, 0) is 24.3 Å². The molecular weight excluding hydrogens is 598 g/mol. The molecule has 10 nitrogen and oxygen atoms in total. The van der Waals surface area contributed by atoms with Crippen LogP contribution >= 0.6 is 0 Å². The molecule has 0 spiro atoms. The number of rotatable bonds is 2. The van der Waals surface area contributed by atoms with Gasteiger partial charge < -0.3 is 0 Å². The molecule has 0 saturated heterocycles. The molecule has 214 valence electrons. The van der Waals surface area contributed by atoms with Crippen LogP contribution in [0.1, 0.15) is 22.3 Å². The first-order chi connectivity index (χ1) is 20.6. The molecule has 5 aromatic rings. The molecule has 2 aromatic heterocycles. The molecule has 0 radical (unpaired) electrons. The molecule has 0 aliphatic rings. The van der Waals surface area contributed by atoms with E-state index >= 15 is 0 Å². The highest BCUT2D eigenvalue weighted by Crippen LogP contribution is 2.44. The monoisotopic (exact) mass is 604 g/mol. The Balaban J connectivity index is 2.09. The van der Waals surface area contributed by atoms with Gasteiger partial charge in [0.05, 0.1) is 62.6 Å². The van der Waals surface area contributed by atoms with Gasteiger partial charge in [-0.2, -0.15) is 36.9 Å². The number of hydrogen-bond donors (Lipinski definition) is 0. The minimum atomic E-state index is -5.77. The second-order valence-corrected chi connectivity index (χ2v) is 8.99. The van der Waals surface area contributed by atoms with E-state index in [1.165, 1.54) is 0 Å². The molecule has 0 aliphatic carbocycles. The molecule has 2 heterocycles. The van der Waals surface area contributed by atoms with Crippen LogP contribution in [0.5, 0.6) is 0 Å². The number of halogens is 6. The van der Waals surface area contributed by atoms with Gasteiger partial charge in [-0.3, -0.25) is 28.9 Å². The van der Waals surface area contributed by atoms with Crippen molar-refractivity contribution in [3.8, 4) is 23.5 Å². The van der Waals surface area contributed by atoms with E-state index in [0.717, 1.165) is 36.4 Å². The van der Waals surface area contributed by atoms with Gasteiger partial charge in [0.2, 0.25) is 0 Å². The Hall–Kier alpha value is -6.52. The second-order valence-electron chi connectivity index (χ2n) is 8.99. The Labute approximate surface area is 238 Å². The maximum Gasteiger partial charge on any atom is 0.418 e. The van der Waals surface area contributed by atoms with Crippen molar-refractivity contribution in [1.29, 1.82) is 10.5 Å². The van der Waals surface area contributed by atoms with Crippen LogP contribution in [-0.2, 0) is 12.4 Å². The molecule has 0 amide bonds. The molecule has 0 unspecified atom stereocenters. The molecule has 3 aromatic carbocycles. The number of hydrogen-bond acceptors (Lipinski definition) is 6. The molecular formula is C28H6F6N6O4. The van der Waals surface area contributed by atoms with Crippen molar-refractivity contribution in [3.63, 3.8) is 0 Å². The molecule has 16 heteroatoms. The Morgan fingerprint density at radius 3 is 1.34 bits per heavy atom. The summed E-state index contributed by atoms with van der Waals surface area (Å²) >= 11 is 0. The van der Waals surface area contributed by atoms with Gasteiger partial charge in [0, 0.05) is 5.69 Å². The van der Waals surface area contributed by atoms with Crippen LogP contribution in [0.4, 0.5) is 37.7 Å². The van der Waals surface area contributed by atoms with E-state index in [1.54, 1.807) is 12.1 Å². The lowest BCUT2D eigenvalue weighted by Crippen LogP contribution is -2.25. The van der Waals surface area contributed by atoms with Gasteiger partial charge in [-0.15, -0.1) is 0 Å². The third-order valence-electron chi connectivity index (χ3n) is 6.70. The van der Waals surface area contributed by atoms with Crippen molar-refractivity contribution in [2.24, 2.45) is 0 Å². The fourth-order valence-electron chi connectivity index (χ4n) is 4.97. The quantitative estimate of drug-likeness (QED) is 0.211. The molecule has 5 rings (SSSR count). The average molecular weight is 604 g/mol. The lowest BCUT2D eigenvalue weighted by molar-refractivity contribution is -0.137. The molecule has 0 saturated carbocycles. The van der Waals surface area contributed by atoms with Crippen molar-refractivity contribution in [1.82, 2.24) is 9.13 Å². The first-order valence-electron chi connectivity index (χ1n) is 11.6. The van der Waals surface area contributed by atoms with Gasteiger partial charge in [0.25, 0.3) is 22.2 Å². The first-order valence-corrected chi connectivity index (χ1v) is 11.6. The summed E-state index contributed by atoms with van der Waals surface area (Å²) in [5, 5.41) is 11.0. The summed E-state index contributed by atoms with van der Waals surface area (Å²) in [4.78, 5) is 59.7. The number of nitrogens with zero attached hydrogens (tertiary/aromatic N) is 6. The number of fused-ring (bicyclic) bond motifs is 2. The molecule has 0 bridgehead atoms. The lowest BCUT2D eigenvalue weighted by atomic mass is 9.96. The summed E-state index contributed by atoms with van der Waals surface area (Å²) in [7, 11) is 0. The fraction of sp³-hybridized carbons (Fsp3) is 0.0714. The van der Waals surface area contributed by atoms with Gasteiger partial charge in [-0.25, -0.2) is 9.13 Å². The average Bonchev–Trinajstić information content (AvgIpc) is 3.37. The van der Waals surface area contributed by atoms with E-state index in [4.69, 9.17) is 18.4 Å². The number of aromatic nitrogens is 2. The van der Waals surface area contributed by atoms with E-state index in [-0.39, 0.29) is 20.4 Å². The Morgan fingerprint density at radius 1 is 0.591 bits per heavy atom. The summed E-state index contributed by atoms with van der Waals surface area (Å²) in [5.74, 6) is 0. The normalized spacial score (nSPS) is 11.7. The highest BCUT2D eigenvalue weighted by molar-refractivity contribution is 6.07. The van der Waals surface area contributed by atoms with Crippen molar-refractivity contribution >= 4 is 32.9 Å². The van der Waals surface area contributed by atoms with Crippen LogP contribution in [0.2, 0.25) is 0 Å². The SMILES string of the molecule is [C-]#[N+]c1ccc(-n2c(=O)c3c(C(F)(F)F)c4c(=O)n(-c5ccc(C#N)c(C#N)c5)c(=O)c4c(C(F)(F)F)c3c2=O)cc1[N+]#[C-]. The maximum absolute atomic E-state index is 14.6. The highest BCUT2D eigenvalue weighted by Gasteiger charge is 2.47. The highest BCUT2D eigenvalue weighted by atomic mass is 19.4. The Bertz CT molecular complexity index is 2250. The zero-order valence-electron chi connectivity index (χ0n) is 21.0. The van der Waals surface area contributed by atoms with E-state index in [1.807, 2.05) is 0 Å². The van der Waals surface area contributed by atoms with Crippen LogP contribution in [0, 0.1) is 35.8 Å². The molecule has 0 N–H and O–H groups in total. The number of nitriles is 2. The zero-order valence-corrected chi connectivity index (χ0v) is 21.0. The van der Waals surface area contributed by atoms with Crippen LogP contribution < -0.4 is 22.2 Å². The van der Waals surface area contributed by atoms with Gasteiger partial charge in [-0.1, -0.05) is 12.1 Å². The van der Waals surface area contributed by atoms with Crippen molar-refractivity contribution in [2.75, 3.05) is 0 Å². The Morgan fingerprint density at radius 2 is 0.977 bits per heavy atom. The van der Waals surface area contributed by atoms with Crippen LogP contribution in [0.15, 0.2) is 55.6 Å². The van der Waals surface area contributed by atoms with E-state index in [9.17, 15) is 50.8 Å². The van der Waals surface area contributed by atoms with E-state index in [2.05, 4.69) is 9.69 Å². The van der Waals surface area contributed by atoms with Gasteiger partial charge in [0.15, 0.2) is 11.4 Å². The molecule has 0 atom stereocenters. The fourth-order valence-corrected chi connectivity index (χ4v) is 4.97. The van der Waals surface area contributed by atoms with E-state index < -0.39 is 89.9 Å². The first kappa shape index (κ1) is 29.0. The predicted octanol–water partition coefficient (Wildman–Crippen LogP) is 4.77. The van der Waals surface area contributed by atoms with Crippen LogP contribution in [0.25, 0.3) is 42.6 Å². The summed E-state index contributed by atoms with van der Waals surface area (Å²) in [6.45, 7) is 14.2. The smallest absolute Gasteiger partial charge is 0.268 e. The number of alkyl halides is 6. The molecule has 0 aliphatic heterocycles. The molecule has 44 heavy (non-hydrogen) atoms. The maximum atomic E-state index is 14.6. The second kappa shape index (κ2) is 9.51. The van der Waals surface area contributed by atoms with Crippen molar-refractivity contribution in [2.45, 2.75) is 12.4 Å². The van der Waals surface area contributed by atoms with Crippen LogP contribution in [-0.4, -0.2) is 9.13 Å². The number of benzene rings is 3. The lowest BCUT2D eigenvalue weighted by Gasteiger charge is -2.13. The molecule has 0 fully saturated rings. The topological polar surface area (TPSA) is 134 Å². The third kappa shape index (κ3) is 3.94. The van der Waals surface area contributed by atoms with Gasteiger partial charge in [0.1, 0.15) is 12.1 Å². The Kier molecular flexibility index (Phi) is 6.27.